The van der Waals surface area contributed by atoms with Crippen LogP contribution in [0, 0.1) is 0 Å². The van der Waals surface area contributed by atoms with Gasteiger partial charge < -0.3 is 14.8 Å². The van der Waals surface area contributed by atoms with Crippen LogP contribution in [-0.4, -0.2) is 34.7 Å². The van der Waals surface area contributed by atoms with Crippen molar-refractivity contribution in [2.24, 2.45) is 0 Å². The van der Waals surface area contributed by atoms with Gasteiger partial charge in [0.25, 0.3) is 0 Å². The van der Waals surface area contributed by atoms with E-state index in [0.717, 1.165) is 37.8 Å². The van der Waals surface area contributed by atoms with Gasteiger partial charge in [-0.2, -0.15) is 0 Å². The molecule has 0 atom stereocenters. The molecule has 4 aromatic rings. The number of anilines is 3. The molecule has 8 nitrogen and oxygen atoms in total. The minimum atomic E-state index is -0.577. The number of methoxy groups -OCH3 is 1. The van der Waals surface area contributed by atoms with Gasteiger partial charge in [0.2, 0.25) is 0 Å². The number of hydrogen-bond acceptors (Lipinski definition) is 8. The zero-order chi connectivity index (χ0) is 28.2. The summed E-state index contributed by atoms with van der Waals surface area (Å²) < 4.78 is 10.3. The largest absolute Gasteiger partial charge is 0.465 e. The molecule has 0 fully saturated rings. The Kier molecular flexibility index (Phi) is 8.40. The van der Waals surface area contributed by atoms with Crippen LogP contribution in [0.4, 0.5) is 21.9 Å². The van der Waals surface area contributed by atoms with Gasteiger partial charge in [0.05, 0.1) is 29.6 Å². The second kappa shape index (κ2) is 11.7. The molecule has 4 rings (SSSR count). The van der Waals surface area contributed by atoms with Crippen molar-refractivity contribution >= 4 is 51.8 Å². The lowest BCUT2D eigenvalue weighted by Crippen LogP contribution is -2.27. The third-order valence-corrected chi connectivity index (χ3v) is 6.72. The zero-order valence-electron chi connectivity index (χ0n) is 22.9. The average Bonchev–Trinajstić information content (AvgIpc) is 2.89. The average molecular weight is 545 g/mol. The Hall–Kier alpha value is -4.11. The molecule has 0 unspecified atom stereocenters. The maximum atomic E-state index is 12.3. The van der Waals surface area contributed by atoms with Crippen LogP contribution in [0.15, 0.2) is 76.8 Å². The predicted molar refractivity (Wildman–Crippen MR) is 155 cm³/mol. The van der Waals surface area contributed by atoms with E-state index in [1.54, 1.807) is 18.3 Å². The summed E-state index contributed by atoms with van der Waals surface area (Å²) in [6, 6.07) is 16.7. The second-order valence-corrected chi connectivity index (χ2v) is 11.3. The minimum Gasteiger partial charge on any atom is -0.465 e. The molecule has 0 spiro atoms. The van der Waals surface area contributed by atoms with Crippen LogP contribution < -0.4 is 10.6 Å². The number of rotatable bonds is 7. The number of pyridine rings is 2. The van der Waals surface area contributed by atoms with E-state index in [2.05, 4.69) is 34.4 Å². The Labute approximate surface area is 232 Å². The maximum absolute atomic E-state index is 12.3. The van der Waals surface area contributed by atoms with E-state index in [9.17, 15) is 9.59 Å². The number of esters is 1. The number of amides is 1. The molecular formula is C30H32N4O4S. The first-order valence-electron chi connectivity index (χ1n) is 12.5. The molecule has 39 heavy (non-hydrogen) atoms. The van der Waals surface area contributed by atoms with Crippen LogP contribution in [0.1, 0.15) is 56.6 Å². The molecule has 0 aliphatic rings. The van der Waals surface area contributed by atoms with E-state index >= 15 is 0 Å². The molecule has 2 aromatic carbocycles. The molecular weight excluding hydrogens is 512 g/mol. The van der Waals surface area contributed by atoms with Crippen molar-refractivity contribution in [1.82, 2.24) is 9.97 Å². The van der Waals surface area contributed by atoms with E-state index in [4.69, 9.17) is 9.47 Å². The van der Waals surface area contributed by atoms with Crippen molar-refractivity contribution in [1.29, 1.82) is 0 Å². The molecule has 0 aliphatic heterocycles. The van der Waals surface area contributed by atoms with E-state index in [1.807, 2.05) is 69.4 Å². The smallest absolute Gasteiger partial charge is 0.412 e. The fourth-order valence-electron chi connectivity index (χ4n) is 3.74. The lowest BCUT2D eigenvalue weighted by molar-refractivity contribution is 0.0598. The molecule has 1 amide bonds. The number of nitrogens with zero attached hydrogens (tertiary/aromatic N) is 2. The van der Waals surface area contributed by atoms with Crippen LogP contribution in [0.5, 0.6) is 0 Å². The lowest BCUT2D eigenvalue weighted by atomic mass is 10.1. The summed E-state index contributed by atoms with van der Waals surface area (Å²) in [6.07, 6.45) is 3.07. The normalized spacial score (nSPS) is 11.4. The topological polar surface area (TPSA) is 102 Å². The number of hydrogen-bond donors (Lipinski definition) is 2. The summed E-state index contributed by atoms with van der Waals surface area (Å²) in [5.74, 6) is -0.131. The van der Waals surface area contributed by atoms with Crippen molar-refractivity contribution in [3.63, 3.8) is 0 Å². The van der Waals surface area contributed by atoms with E-state index < -0.39 is 17.7 Å². The summed E-state index contributed by atoms with van der Waals surface area (Å²) >= 11 is 1.52. The van der Waals surface area contributed by atoms with Gasteiger partial charge >= 0.3 is 12.1 Å². The van der Waals surface area contributed by atoms with Gasteiger partial charge in [0, 0.05) is 39.0 Å². The van der Waals surface area contributed by atoms with Crippen LogP contribution in [-0.2, 0) is 9.47 Å². The van der Waals surface area contributed by atoms with Gasteiger partial charge in [-0.15, -0.1) is 0 Å². The standard InChI is InChI=1S/C30H32N4O4S/c1-18(2)24-16-25-22(17-32-24)23(13-14-31-25)34-26-15-19(28(35)37-6)7-12-27(26)39-21-10-8-20(9-11-21)33-29(36)38-30(3,4)5/h7-18H,1-6H3,(H,31,34)(H,33,36). The lowest BCUT2D eigenvalue weighted by Gasteiger charge is -2.19. The molecule has 2 heterocycles. The highest BCUT2D eigenvalue weighted by Gasteiger charge is 2.17. The summed E-state index contributed by atoms with van der Waals surface area (Å²) in [7, 11) is 1.36. The molecule has 0 aliphatic carbocycles. The fourth-order valence-corrected chi connectivity index (χ4v) is 4.62. The summed E-state index contributed by atoms with van der Waals surface area (Å²) in [5.41, 5.74) is 3.85. The zero-order valence-corrected chi connectivity index (χ0v) is 23.7. The summed E-state index contributed by atoms with van der Waals surface area (Å²) in [4.78, 5) is 35.4. The van der Waals surface area contributed by atoms with Crippen molar-refractivity contribution < 1.29 is 19.1 Å². The number of carbonyl (C=O) groups excluding carboxylic acids is 2. The fraction of sp³-hybridized carbons (Fsp3) is 0.267. The minimum absolute atomic E-state index is 0.290. The molecule has 2 N–H and O–H groups in total. The number of ether oxygens (including phenoxy) is 2. The predicted octanol–water partition coefficient (Wildman–Crippen LogP) is 7.78. The van der Waals surface area contributed by atoms with Gasteiger partial charge in [-0.1, -0.05) is 25.6 Å². The van der Waals surface area contributed by atoms with Gasteiger partial charge in [-0.3, -0.25) is 15.3 Å². The highest BCUT2D eigenvalue weighted by Crippen LogP contribution is 2.37. The second-order valence-electron chi connectivity index (χ2n) is 10.2. The van der Waals surface area contributed by atoms with E-state index in [1.165, 1.54) is 18.9 Å². The highest BCUT2D eigenvalue weighted by atomic mass is 32.2. The molecule has 9 heteroatoms. The number of nitrogens with one attached hydrogen (secondary N) is 2. The Balaban J connectivity index is 1.62. The van der Waals surface area contributed by atoms with Crippen LogP contribution >= 0.6 is 11.8 Å². The summed E-state index contributed by atoms with van der Waals surface area (Å²) in [6.45, 7) is 9.64. The molecule has 0 radical (unpaired) electrons. The first-order valence-corrected chi connectivity index (χ1v) is 13.4. The van der Waals surface area contributed by atoms with Crippen molar-refractivity contribution in [2.45, 2.75) is 55.9 Å². The van der Waals surface area contributed by atoms with Crippen LogP contribution in [0.2, 0.25) is 0 Å². The summed E-state index contributed by atoms with van der Waals surface area (Å²) in [5, 5.41) is 7.10. The monoisotopic (exact) mass is 544 g/mol. The quantitative estimate of drug-likeness (QED) is 0.227. The first kappa shape index (κ1) is 27.9. The van der Waals surface area contributed by atoms with Crippen LogP contribution in [0.25, 0.3) is 10.9 Å². The van der Waals surface area contributed by atoms with Gasteiger partial charge in [0.15, 0.2) is 0 Å². The highest BCUT2D eigenvalue weighted by molar-refractivity contribution is 7.99. The van der Waals surface area contributed by atoms with Gasteiger partial charge in [0.1, 0.15) is 5.60 Å². The molecule has 0 saturated heterocycles. The van der Waals surface area contributed by atoms with Gasteiger partial charge in [-0.25, -0.2) is 9.59 Å². The Morgan fingerprint density at radius 3 is 2.36 bits per heavy atom. The number of fused-ring (bicyclic) bond motifs is 1. The molecule has 0 saturated carbocycles. The molecule has 202 valence electrons. The van der Waals surface area contributed by atoms with E-state index in [0.29, 0.717) is 17.2 Å². The maximum Gasteiger partial charge on any atom is 0.412 e. The van der Waals surface area contributed by atoms with E-state index in [-0.39, 0.29) is 0 Å². The van der Waals surface area contributed by atoms with Crippen LogP contribution in [0.3, 0.4) is 0 Å². The Morgan fingerprint density at radius 2 is 1.69 bits per heavy atom. The number of aromatic nitrogens is 2. The number of benzene rings is 2. The Bertz CT molecular complexity index is 1500. The first-order chi connectivity index (χ1) is 18.5. The number of carbonyl (C=O) groups is 2. The van der Waals surface area contributed by atoms with Crippen molar-refractivity contribution in [2.75, 3.05) is 17.7 Å². The molecule has 2 aromatic heterocycles. The third kappa shape index (κ3) is 7.26. The third-order valence-electron chi connectivity index (χ3n) is 5.64. The molecule has 0 bridgehead atoms. The van der Waals surface area contributed by atoms with Gasteiger partial charge in [-0.05, 0) is 81.3 Å². The SMILES string of the molecule is COC(=O)c1ccc(Sc2ccc(NC(=O)OC(C)(C)C)cc2)c(Nc2ccnc3cc(C(C)C)ncc23)c1. The van der Waals surface area contributed by atoms with Crippen molar-refractivity contribution in [3.05, 3.63) is 78.2 Å². The van der Waals surface area contributed by atoms with Crippen molar-refractivity contribution in [3.8, 4) is 0 Å². The Morgan fingerprint density at radius 1 is 0.949 bits per heavy atom.